The Hall–Kier alpha value is -2.64. The van der Waals surface area contributed by atoms with E-state index < -0.39 is 4.92 Å². The molecule has 106 valence electrons. The highest BCUT2D eigenvalue weighted by atomic mass is 16.6. The van der Waals surface area contributed by atoms with E-state index in [1.165, 1.54) is 16.8 Å². The van der Waals surface area contributed by atoms with Crippen LogP contribution >= 0.6 is 0 Å². The highest BCUT2D eigenvalue weighted by Crippen LogP contribution is 2.17. The lowest BCUT2D eigenvalue weighted by molar-refractivity contribution is -0.384. The van der Waals surface area contributed by atoms with Crippen LogP contribution in [0.3, 0.4) is 0 Å². The minimum Gasteiger partial charge on any atom is -0.347 e. The number of carbonyl (C=O) groups excluding carboxylic acids is 1. The van der Waals surface area contributed by atoms with E-state index in [1.54, 1.807) is 19.4 Å². The Kier molecular flexibility index (Phi) is 3.83. The molecule has 0 aliphatic carbocycles. The van der Waals surface area contributed by atoms with Crippen molar-refractivity contribution in [1.82, 2.24) is 19.9 Å². The number of rotatable bonds is 5. The third-order valence-corrected chi connectivity index (χ3v) is 3.00. The number of nitrogens with one attached hydrogen (secondary N) is 2. The van der Waals surface area contributed by atoms with Crippen molar-refractivity contribution >= 4 is 11.6 Å². The number of H-pyrrole nitrogens is 1. The maximum atomic E-state index is 12.2. The van der Waals surface area contributed by atoms with Crippen LogP contribution in [0.5, 0.6) is 0 Å². The number of aryl methyl sites for hydroxylation is 1. The van der Waals surface area contributed by atoms with E-state index in [2.05, 4.69) is 15.3 Å². The molecule has 2 aromatic rings. The Morgan fingerprint density at radius 2 is 2.40 bits per heavy atom. The molecular formula is C12H15N5O3. The van der Waals surface area contributed by atoms with Gasteiger partial charge in [-0.15, -0.1) is 0 Å². The van der Waals surface area contributed by atoms with Gasteiger partial charge in [0, 0.05) is 25.5 Å². The molecule has 0 spiro atoms. The first-order chi connectivity index (χ1) is 9.52. The Bertz CT molecular complexity index is 617. The zero-order chi connectivity index (χ0) is 14.7. The maximum Gasteiger partial charge on any atom is 0.287 e. The monoisotopic (exact) mass is 277 g/mol. The average molecular weight is 277 g/mol. The van der Waals surface area contributed by atoms with Gasteiger partial charge in [0.05, 0.1) is 17.2 Å². The summed E-state index contributed by atoms with van der Waals surface area (Å²) in [4.78, 5) is 29.4. The summed E-state index contributed by atoms with van der Waals surface area (Å²) >= 11 is 0. The summed E-state index contributed by atoms with van der Waals surface area (Å²) in [6.45, 7) is 1.92. The molecule has 2 heterocycles. The molecule has 1 atom stereocenters. The molecule has 0 radical (unpaired) electrons. The quantitative estimate of drug-likeness (QED) is 0.638. The van der Waals surface area contributed by atoms with Gasteiger partial charge in [-0.3, -0.25) is 14.9 Å². The molecule has 0 aliphatic rings. The van der Waals surface area contributed by atoms with Crippen LogP contribution in [0.2, 0.25) is 0 Å². The smallest absolute Gasteiger partial charge is 0.287 e. The van der Waals surface area contributed by atoms with Crippen molar-refractivity contribution in [2.75, 3.05) is 0 Å². The van der Waals surface area contributed by atoms with E-state index in [4.69, 9.17) is 0 Å². The number of amides is 1. The summed E-state index contributed by atoms with van der Waals surface area (Å²) in [6.07, 6.45) is 5.25. The van der Waals surface area contributed by atoms with E-state index in [1.807, 2.05) is 6.92 Å². The molecule has 2 rings (SSSR count). The lowest BCUT2D eigenvalue weighted by Gasteiger charge is -2.14. The van der Waals surface area contributed by atoms with Gasteiger partial charge in [-0.05, 0) is 6.42 Å². The minimum absolute atomic E-state index is 0.108. The van der Waals surface area contributed by atoms with Crippen LogP contribution in [-0.2, 0) is 7.05 Å². The molecule has 2 aromatic heterocycles. The standard InChI is InChI=1S/C12H15N5O3/c1-3-9(11-13-4-5-14-11)15-12(18)10-6-8(17(19)20)7-16(10)2/h4-7,9H,3H2,1-2H3,(H,13,14)(H,15,18). The molecule has 8 nitrogen and oxygen atoms in total. The summed E-state index contributed by atoms with van der Waals surface area (Å²) < 4.78 is 1.43. The Morgan fingerprint density at radius 1 is 1.65 bits per heavy atom. The zero-order valence-electron chi connectivity index (χ0n) is 11.2. The molecule has 0 bridgehead atoms. The lowest BCUT2D eigenvalue weighted by Crippen LogP contribution is -2.30. The summed E-state index contributed by atoms with van der Waals surface area (Å²) in [5, 5.41) is 13.5. The highest BCUT2D eigenvalue weighted by molar-refractivity contribution is 5.93. The van der Waals surface area contributed by atoms with E-state index in [-0.39, 0.29) is 23.3 Å². The molecule has 1 amide bonds. The second-order valence-electron chi connectivity index (χ2n) is 4.36. The third kappa shape index (κ3) is 2.68. The van der Waals surface area contributed by atoms with Gasteiger partial charge in [0.1, 0.15) is 11.5 Å². The molecule has 0 saturated heterocycles. The van der Waals surface area contributed by atoms with Crippen LogP contribution in [0, 0.1) is 10.1 Å². The van der Waals surface area contributed by atoms with Crippen molar-refractivity contribution < 1.29 is 9.72 Å². The summed E-state index contributed by atoms with van der Waals surface area (Å²) in [5.41, 5.74) is 0.130. The summed E-state index contributed by atoms with van der Waals surface area (Å²) in [5.74, 6) is 0.286. The van der Waals surface area contributed by atoms with Crippen LogP contribution in [-0.4, -0.2) is 25.4 Å². The average Bonchev–Trinajstić information content (AvgIpc) is 3.04. The number of aromatic nitrogens is 3. The third-order valence-electron chi connectivity index (χ3n) is 3.00. The van der Waals surface area contributed by atoms with E-state index in [0.29, 0.717) is 12.2 Å². The molecule has 0 aliphatic heterocycles. The topological polar surface area (TPSA) is 106 Å². The van der Waals surface area contributed by atoms with Crippen molar-refractivity contribution in [2.45, 2.75) is 19.4 Å². The number of hydrogen-bond acceptors (Lipinski definition) is 4. The van der Waals surface area contributed by atoms with Crippen molar-refractivity contribution in [3.63, 3.8) is 0 Å². The highest BCUT2D eigenvalue weighted by Gasteiger charge is 2.21. The molecule has 0 fully saturated rings. The number of imidazole rings is 1. The Labute approximate surface area is 115 Å². The molecule has 8 heteroatoms. The Balaban J connectivity index is 2.17. The first-order valence-corrected chi connectivity index (χ1v) is 6.13. The van der Waals surface area contributed by atoms with E-state index in [0.717, 1.165) is 0 Å². The molecule has 2 N–H and O–H groups in total. The zero-order valence-corrected chi connectivity index (χ0v) is 11.2. The van der Waals surface area contributed by atoms with Gasteiger partial charge in [-0.2, -0.15) is 0 Å². The molecule has 0 saturated carbocycles. The van der Waals surface area contributed by atoms with Crippen molar-refractivity contribution in [2.24, 2.45) is 7.05 Å². The Morgan fingerprint density at radius 3 is 2.90 bits per heavy atom. The normalized spacial score (nSPS) is 12.1. The predicted octanol–water partition coefficient (Wildman–Crippen LogP) is 1.54. The fraction of sp³-hybridized carbons (Fsp3) is 0.333. The number of nitrogens with zero attached hydrogens (tertiary/aromatic N) is 3. The van der Waals surface area contributed by atoms with Gasteiger partial charge >= 0.3 is 0 Å². The molecule has 20 heavy (non-hydrogen) atoms. The SMILES string of the molecule is CCC(NC(=O)c1cc([N+](=O)[O-])cn1C)c1ncc[nH]1. The number of carbonyl (C=O) groups is 1. The van der Waals surface area contributed by atoms with Gasteiger partial charge in [-0.1, -0.05) is 6.92 Å². The maximum absolute atomic E-state index is 12.2. The van der Waals surface area contributed by atoms with Gasteiger partial charge < -0.3 is 14.9 Å². The fourth-order valence-electron chi connectivity index (χ4n) is 1.94. The predicted molar refractivity (Wildman–Crippen MR) is 71.2 cm³/mol. The summed E-state index contributed by atoms with van der Waals surface area (Å²) in [7, 11) is 1.59. The van der Waals surface area contributed by atoms with Crippen LogP contribution in [0.1, 0.15) is 35.7 Å². The lowest BCUT2D eigenvalue weighted by atomic mass is 10.2. The second kappa shape index (κ2) is 5.55. The number of nitro groups is 1. The van der Waals surface area contributed by atoms with Crippen molar-refractivity contribution in [3.8, 4) is 0 Å². The first-order valence-electron chi connectivity index (χ1n) is 6.13. The minimum atomic E-state index is -0.527. The van der Waals surface area contributed by atoms with E-state index in [9.17, 15) is 14.9 Å². The first kappa shape index (κ1) is 13.8. The van der Waals surface area contributed by atoms with E-state index >= 15 is 0 Å². The van der Waals surface area contributed by atoms with Gasteiger partial charge in [0.2, 0.25) is 0 Å². The van der Waals surface area contributed by atoms with Gasteiger partial charge in [0.25, 0.3) is 11.6 Å². The van der Waals surface area contributed by atoms with Crippen LogP contribution in [0.4, 0.5) is 5.69 Å². The number of aromatic amines is 1. The number of hydrogen-bond donors (Lipinski definition) is 2. The van der Waals surface area contributed by atoms with Crippen LogP contribution in [0.25, 0.3) is 0 Å². The van der Waals surface area contributed by atoms with Gasteiger partial charge in [0.15, 0.2) is 0 Å². The molecule has 0 aromatic carbocycles. The second-order valence-corrected chi connectivity index (χ2v) is 4.36. The molecule has 1 unspecified atom stereocenters. The van der Waals surface area contributed by atoms with Crippen LogP contribution < -0.4 is 5.32 Å². The molecular weight excluding hydrogens is 262 g/mol. The van der Waals surface area contributed by atoms with Crippen molar-refractivity contribution in [3.05, 3.63) is 46.3 Å². The fourth-order valence-corrected chi connectivity index (χ4v) is 1.94. The summed E-state index contributed by atoms with van der Waals surface area (Å²) in [6, 6.07) is 0.996. The van der Waals surface area contributed by atoms with Crippen molar-refractivity contribution in [1.29, 1.82) is 0 Å². The van der Waals surface area contributed by atoms with Crippen LogP contribution in [0.15, 0.2) is 24.7 Å². The van der Waals surface area contributed by atoms with Gasteiger partial charge in [-0.25, -0.2) is 4.98 Å². The largest absolute Gasteiger partial charge is 0.347 e.